The first-order valence-electron chi connectivity index (χ1n) is 6.05. The molecule has 0 saturated carbocycles. The molecule has 0 atom stereocenters. The van der Waals surface area contributed by atoms with Gasteiger partial charge in [0.1, 0.15) is 23.1 Å². The molecular formula is C14H16N2O3S. The third-order valence-electron chi connectivity index (χ3n) is 2.75. The van der Waals surface area contributed by atoms with Gasteiger partial charge in [-0.2, -0.15) is 0 Å². The zero-order chi connectivity index (χ0) is 14.5. The van der Waals surface area contributed by atoms with E-state index in [4.69, 9.17) is 14.7 Å². The van der Waals surface area contributed by atoms with Gasteiger partial charge >= 0.3 is 0 Å². The summed E-state index contributed by atoms with van der Waals surface area (Å²) >= 11 is 1.55. The summed E-state index contributed by atoms with van der Waals surface area (Å²) in [5, 5.41) is 15.0. The summed E-state index contributed by atoms with van der Waals surface area (Å²) < 4.78 is 11.0. The van der Waals surface area contributed by atoms with Gasteiger partial charge in [-0.05, 0) is 26.0 Å². The Kier molecular flexibility index (Phi) is 4.57. The number of aryl methyl sites for hydroxylation is 1. The number of rotatable bonds is 5. The summed E-state index contributed by atoms with van der Waals surface area (Å²) in [7, 11) is 1.59. The Hall–Kier alpha value is -2.08. The van der Waals surface area contributed by atoms with E-state index in [0.717, 1.165) is 16.3 Å². The van der Waals surface area contributed by atoms with E-state index in [0.29, 0.717) is 23.8 Å². The number of aromatic nitrogens is 1. The Morgan fingerprint density at radius 1 is 1.45 bits per heavy atom. The van der Waals surface area contributed by atoms with Crippen molar-refractivity contribution in [1.82, 2.24) is 4.98 Å². The number of oxime groups is 1. The number of thiazole rings is 1. The van der Waals surface area contributed by atoms with E-state index in [1.54, 1.807) is 43.6 Å². The molecule has 1 heterocycles. The standard InChI is InChI=1S/C14H16N2O3S/c1-9-8-20-14(15-9)7-19-13-6-11(18-3)4-5-12(13)10(2)16-17/h4-6,8,17H,7H2,1-3H3/b16-10+. The van der Waals surface area contributed by atoms with Crippen LogP contribution in [0.5, 0.6) is 11.5 Å². The minimum Gasteiger partial charge on any atom is -0.497 e. The quantitative estimate of drug-likeness (QED) is 0.522. The Bertz CT molecular complexity index is 623. The highest BCUT2D eigenvalue weighted by Crippen LogP contribution is 2.26. The van der Waals surface area contributed by atoms with Crippen LogP contribution in [0.3, 0.4) is 0 Å². The topological polar surface area (TPSA) is 63.9 Å². The predicted octanol–water partition coefficient (Wildman–Crippen LogP) is 3.24. The van der Waals surface area contributed by atoms with E-state index >= 15 is 0 Å². The number of ether oxygens (including phenoxy) is 2. The third kappa shape index (κ3) is 3.27. The van der Waals surface area contributed by atoms with Crippen molar-refractivity contribution in [2.45, 2.75) is 20.5 Å². The van der Waals surface area contributed by atoms with E-state index < -0.39 is 0 Å². The van der Waals surface area contributed by atoms with Crippen LogP contribution in [0.2, 0.25) is 0 Å². The maximum atomic E-state index is 8.92. The van der Waals surface area contributed by atoms with Crippen LogP contribution < -0.4 is 9.47 Å². The van der Waals surface area contributed by atoms with Crippen LogP contribution >= 0.6 is 11.3 Å². The molecule has 1 N–H and O–H groups in total. The zero-order valence-corrected chi connectivity index (χ0v) is 12.4. The molecule has 0 radical (unpaired) electrons. The van der Waals surface area contributed by atoms with E-state index in [1.807, 2.05) is 12.3 Å². The van der Waals surface area contributed by atoms with Crippen LogP contribution in [0.25, 0.3) is 0 Å². The summed E-state index contributed by atoms with van der Waals surface area (Å²) in [5.41, 5.74) is 2.19. The van der Waals surface area contributed by atoms with Crippen molar-refractivity contribution in [1.29, 1.82) is 0 Å². The van der Waals surface area contributed by atoms with Gasteiger partial charge in [0.2, 0.25) is 0 Å². The molecule has 106 valence electrons. The maximum Gasteiger partial charge on any atom is 0.140 e. The highest BCUT2D eigenvalue weighted by atomic mass is 32.1. The van der Waals surface area contributed by atoms with Gasteiger partial charge in [0.05, 0.1) is 12.8 Å². The number of nitrogens with zero attached hydrogens (tertiary/aromatic N) is 2. The van der Waals surface area contributed by atoms with Crippen LogP contribution in [0, 0.1) is 6.92 Å². The minimum absolute atomic E-state index is 0.372. The second-order valence-electron chi connectivity index (χ2n) is 4.22. The summed E-state index contributed by atoms with van der Waals surface area (Å²) in [6.07, 6.45) is 0. The van der Waals surface area contributed by atoms with Crippen molar-refractivity contribution < 1.29 is 14.7 Å². The van der Waals surface area contributed by atoms with Crippen molar-refractivity contribution in [3.8, 4) is 11.5 Å². The molecule has 20 heavy (non-hydrogen) atoms. The summed E-state index contributed by atoms with van der Waals surface area (Å²) in [4.78, 5) is 4.35. The Labute approximate surface area is 121 Å². The van der Waals surface area contributed by atoms with Gasteiger partial charge in [-0.1, -0.05) is 5.16 Å². The molecule has 0 bridgehead atoms. The van der Waals surface area contributed by atoms with E-state index in [2.05, 4.69) is 10.1 Å². The van der Waals surface area contributed by atoms with Crippen molar-refractivity contribution in [2.75, 3.05) is 7.11 Å². The number of methoxy groups -OCH3 is 1. The summed E-state index contributed by atoms with van der Waals surface area (Å²) in [5.74, 6) is 1.29. The molecule has 1 aromatic carbocycles. The van der Waals surface area contributed by atoms with Gasteiger partial charge in [0.25, 0.3) is 0 Å². The van der Waals surface area contributed by atoms with Crippen LogP contribution in [0.15, 0.2) is 28.7 Å². The van der Waals surface area contributed by atoms with E-state index in [1.165, 1.54) is 0 Å². The first-order valence-corrected chi connectivity index (χ1v) is 6.93. The van der Waals surface area contributed by atoms with E-state index in [-0.39, 0.29) is 0 Å². The molecular weight excluding hydrogens is 276 g/mol. The van der Waals surface area contributed by atoms with Gasteiger partial charge in [-0.15, -0.1) is 11.3 Å². The highest BCUT2D eigenvalue weighted by Gasteiger charge is 2.10. The molecule has 2 aromatic rings. The number of benzene rings is 1. The Balaban J connectivity index is 2.23. The largest absolute Gasteiger partial charge is 0.497 e. The number of hydrogen-bond acceptors (Lipinski definition) is 6. The molecule has 0 aliphatic carbocycles. The molecule has 0 unspecified atom stereocenters. The predicted molar refractivity (Wildman–Crippen MR) is 78.2 cm³/mol. The lowest BCUT2D eigenvalue weighted by molar-refractivity contribution is 0.300. The van der Waals surface area contributed by atoms with Gasteiger partial charge < -0.3 is 14.7 Å². The molecule has 0 saturated heterocycles. The lowest BCUT2D eigenvalue weighted by Crippen LogP contribution is -2.03. The van der Waals surface area contributed by atoms with Crippen LogP contribution in [-0.2, 0) is 6.61 Å². The van der Waals surface area contributed by atoms with Gasteiger partial charge in [0, 0.05) is 22.7 Å². The van der Waals surface area contributed by atoms with Gasteiger partial charge in [-0.3, -0.25) is 0 Å². The number of hydrogen-bond donors (Lipinski definition) is 1. The average Bonchev–Trinajstić information content (AvgIpc) is 2.89. The van der Waals surface area contributed by atoms with Crippen LogP contribution in [0.4, 0.5) is 0 Å². The van der Waals surface area contributed by atoms with Crippen molar-refractivity contribution in [2.24, 2.45) is 5.16 Å². The maximum absolute atomic E-state index is 8.92. The van der Waals surface area contributed by atoms with Crippen molar-refractivity contribution >= 4 is 17.0 Å². The van der Waals surface area contributed by atoms with Crippen LogP contribution in [-0.4, -0.2) is 23.0 Å². The minimum atomic E-state index is 0.372. The molecule has 0 fully saturated rings. The molecule has 2 rings (SSSR count). The normalized spacial score (nSPS) is 11.4. The van der Waals surface area contributed by atoms with Gasteiger partial charge in [-0.25, -0.2) is 4.98 Å². The zero-order valence-electron chi connectivity index (χ0n) is 11.6. The summed E-state index contributed by atoms with van der Waals surface area (Å²) in [6, 6.07) is 5.37. The first kappa shape index (κ1) is 14.3. The first-order chi connectivity index (χ1) is 9.63. The molecule has 1 aromatic heterocycles. The molecule has 6 heteroatoms. The molecule has 0 spiro atoms. The van der Waals surface area contributed by atoms with Crippen LogP contribution in [0.1, 0.15) is 23.2 Å². The monoisotopic (exact) mass is 292 g/mol. The molecule has 0 amide bonds. The fraction of sp³-hybridized carbons (Fsp3) is 0.286. The van der Waals surface area contributed by atoms with Gasteiger partial charge in [0.15, 0.2) is 0 Å². The molecule has 0 aliphatic heterocycles. The average molecular weight is 292 g/mol. The molecule has 0 aliphatic rings. The van der Waals surface area contributed by atoms with E-state index in [9.17, 15) is 0 Å². The Morgan fingerprint density at radius 3 is 2.85 bits per heavy atom. The Morgan fingerprint density at radius 2 is 2.25 bits per heavy atom. The highest BCUT2D eigenvalue weighted by molar-refractivity contribution is 7.09. The lowest BCUT2D eigenvalue weighted by Gasteiger charge is -2.11. The smallest absolute Gasteiger partial charge is 0.140 e. The SMILES string of the molecule is COc1ccc(/C(C)=N/O)c(OCc2nc(C)cs2)c1. The lowest BCUT2D eigenvalue weighted by atomic mass is 10.1. The molecule has 5 nitrogen and oxygen atoms in total. The van der Waals surface area contributed by atoms with Crippen molar-refractivity contribution in [3.05, 3.63) is 39.8 Å². The van der Waals surface area contributed by atoms with Crippen molar-refractivity contribution in [3.63, 3.8) is 0 Å². The second kappa shape index (κ2) is 6.38. The fourth-order valence-corrected chi connectivity index (χ4v) is 2.39. The second-order valence-corrected chi connectivity index (χ2v) is 5.16. The third-order valence-corrected chi connectivity index (χ3v) is 3.69. The summed E-state index contributed by atoms with van der Waals surface area (Å²) in [6.45, 7) is 4.03. The fourth-order valence-electron chi connectivity index (χ4n) is 1.71.